The number of hydrogen-bond donors (Lipinski definition) is 3. The quantitative estimate of drug-likeness (QED) is 0.706. The molecule has 23 heavy (non-hydrogen) atoms. The van der Waals surface area contributed by atoms with Gasteiger partial charge in [0.25, 0.3) is 0 Å². The largest absolute Gasteiger partial charge is 0.394 e. The van der Waals surface area contributed by atoms with Gasteiger partial charge >= 0.3 is 6.03 Å². The van der Waals surface area contributed by atoms with Gasteiger partial charge in [-0.1, -0.05) is 6.07 Å². The van der Waals surface area contributed by atoms with Gasteiger partial charge in [-0.05, 0) is 35.6 Å². The molecule has 0 radical (unpaired) electrons. The first-order valence-electron chi connectivity index (χ1n) is 6.83. The lowest BCUT2D eigenvalue weighted by Crippen LogP contribution is -2.40. The van der Waals surface area contributed by atoms with Gasteiger partial charge in [0.05, 0.1) is 12.6 Å². The molecule has 2 aromatic rings. The first-order chi connectivity index (χ1) is 11.0. The first kappa shape index (κ1) is 17.3. The Morgan fingerprint density at radius 1 is 1.26 bits per heavy atom. The average Bonchev–Trinajstić information content (AvgIpc) is 3.03. The summed E-state index contributed by atoms with van der Waals surface area (Å²) in [5.74, 6) is -4.34. The maximum atomic E-state index is 13.2. The zero-order chi connectivity index (χ0) is 16.8. The van der Waals surface area contributed by atoms with Crippen molar-refractivity contribution in [3.8, 4) is 0 Å². The van der Waals surface area contributed by atoms with Gasteiger partial charge in [-0.25, -0.2) is 18.0 Å². The van der Waals surface area contributed by atoms with Crippen LogP contribution in [0.3, 0.4) is 0 Å². The molecule has 0 aliphatic carbocycles. The van der Waals surface area contributed by atoms with E-state index in [1.165, 1.54) is 0 Å². The predicted molar refractivity (Wildman–Crippen MR) is 80.7 cm³/mol. The van der Waals surface area contributed by atoms with E-state index in [9.17, 15) is 23.1 Å². The van der Waals surface area contributed by atoms with Gasteiger partial charge in [-0.2, -0.15) is 0 Å². The summed E-state index contributed by atoms with van der Waals surface area (Å²) in [5, 5.41) is 16.2. The number of hydrogen-bond acceptors (Lipinski definition) is 3. The van der Waals surface area contributed by atoms with E-state index in [0.717, 1.165) is 17.0 Å². The number of urea groups is 1. The molecule has 0 bridgehead atoms. The van der Waals surface area contributed by atoms with Crippen molar-refractivity contribution in [2.45, 2.75) is 12.5 Å². The molecule has 2 rings (SSSR count). The SMILES string of the molecule is O=C(NCCc1cccs1)NC(CO)c1cc(F)c(F)c(F)c1. The zero-order valence-electron chi connectivity index (χ0n) is 12.0. The molecule has 8 heteroatoms. The summed E-state index contributed by atoms with van der Waals surface area (Å²) >= 11 is 1.56. The molecule has 0 aliphatic rings. The summed E-state index contributed by atoms with van der Waals surface area (Å²) in [7, 11) is 0. The third kappa shape index (κ3) is 4.70. The third-order valence-corrected chi connectivity index (χ3v) is 4.07. The Balaban J connectivity index is 1.92. The Hall–Kier alpha value is -2.06. The van der Waals surface area contributed by atoms with Gasteiger partial charge in [0.1, 0.15) is 0 Å². The van der Waals surface area contributed by atoms with Gasteiger partial charge < -0.3 is 15.7 Å². The van der Waals surface area contributed by atoms with E-state index >= 15 is 0 Å². The average molecular weight is 344 g/mol. The number of thiophene rings is 1. The van der Waals surface area contributed by atoms with Crippen molar-refractivity contribution in [3.63, 3.8) is 0 Å². The van der Waals surface area contributed by atoms with Crippen LogP contribution < -0.4 is 10.6 Å². The second-order valence-corrected chi connectivity index (χ2v) is 5.80. The Bertz CT molecular complexity index is 642. The van der Waals surface area contributed by atoms with Crippen molar-refractivity contribution < 1.29 is 23.1 Å². The van der Waals surface area contributed by atoms with E-state index in [-0.39, 0.29) is 5.56 Å². The number of carbonyl (C=O) groups is 1. The Kier molecular flexibility index (Phi) is 6.00. The molecule has 1 atom stereocenters. The Labute approximate surface area is 135 Å². The van der Waals surface area contributed by atoms with Crippen LogP contribution in [0.4, 0.5) is 18.0 Å². The molecule has 4 nitrogen and oxygen atoms in total. The molecule has 0 spiro atoms. The topological polar surface area (TPSA) is 61.4 Å². The minimum Gasteiger partial charge on any atom is -0.394 e. The number of nitrogens with one attached hydrogen (secondary N) is 2. The Morgan fingerprint density at radius 3 is 2.52 bits per heavy atom. The maximum Gasteiger partial charge on any atom is 0.315 e. The van der Waals surface area contributed by atoms with Crippen LogP contribution in [0.25, 0.3) is 0 Å². The number of aliphatic hydroxyl groups excluding tert-OH is 1. The molecule has 0 aliphatic heterocycles. The zero-order valence-corrected chi connectivity index (χ0v) is 12.8. The number of amides is 2. The molecule has 2 amide bonds. The monoisotopic (exact) mass is 344 g/mol. The minimum absolute atomic E-state index is 0.0580. The van der Waals surface area contributed by atoms with Crippen LogP contribution in [0.2, 0.25) is 0 Å². The van der Waals surface area contributed by atoms with Gasteiger partial charge in [0.15, 0.2) is 17.5 Å². The second kappa shape index (κ2) is 7.98. The van der Waals surface area contributed by atoms with Crippen molar-refractivity contribution >= 4 is 17.4 Å². The van der Waals surface area contributed by atoms with E-state index in [1.54, 1.807) is 11.3 Å². The van der Waals surface area contributed by atoms with Crippen molar-refractivity contribution in [1.82, 2.24) is 10.6 Å². The summed E-state index contributed by atoms with van der Waals surface area (Å²) < 4.78 is 39.4. The van der Waals surface area contributed by atoms with E-state index in [4.69, 9.17) is 0 Å². The van der Waals surface area contributed by atoms with Crippen LogP contribution in [0.15, 0.2) is 29.6 Å². The van der Waals surface area contributed by atoms with Crippen molar-refractivity contribution in [3.05, 3.63) is 57.5 Å². The highest BCUT2D eigenvalue weighted by Gasteiger charge is 2.18. The first-order valence-corrected chi connectivity index (χ1v) is 7.71. The lowest BCUT2D eigenvalue weighted by molar-refractivity contribution is 0.216. The van der Waals surface area contributed by atoms with E-state index < -0.39 is 36.1 Å². The third-order valence-electron chi connectivity index (χ3n) is 3.13. The van der Waals surface area contributed by atoms with Crippen LogP contribution in [0.1, 0.15) is 16.5 Å². The number of carbonyl (C=O) groups excluding carboxylic acids is 1. The fourth-order valence-corrected chi connectivity index (χ4v) is 2.68. The molecular weight excluding hydrogens is 329 g/mol. The molecule has 1 heterocycles. The smallest absolute Gasteiger partial charge is 0.315 e. The Morgan fingerprint density at radius 2 is 1.96 bits per heavy atom. The minimum atomic E-state index is -1.59. The second-order valence-electron chi connectivity index (χ2n) is 4.76. The highest BCUT2D eigenvalue weighted by Crippen LogP contribution is 2.19. The molecule has 0 saturated heterocycles. The summed E-state index contributed by atoms with van der Waals surface area (Å²) in [6, 6.07) is 3.69. The van der Waals surface area contributed by atoms with Crippen LogP contribution in [-0.2, 0) is 6.42 Å². The van der Waals surface area contributed by atoms with Gasteiger partial charge in [-0.15, -0.1) is 11.3 Å². The molecular formula is C15H15F3N2O2S. The van der Waals surface area contributed by atoms with Crippen LogP contribution in [0, 0.1) is 17.5 Å². The number of halogens is 3. The standard InChI is InChI=1S/C15H15F3N2O2S/c16-11-6-9(7-12(17)14(11)18)13(8-21)20-15(22)19-4-3-10-2-1-5-23-10/h1-2,5-7,13,21H,3-4,8H2,(H2,19,20,22). The lowest BCUT2D eigenvalue weighted by Gasteiger charge is -2.17. The van der Waals surface area contributed by atoms with Crippen molar-refractivity contribution in [2.75, 3.05) is 13.2 Å². The van der Waals surface area contributed by atoms with Crippen molar-refractivity contribution in [2.24, 2.45) is 0 Å². The lowest BCUT2D eigenvalue weighted by atomic mass is 10.1. The molecule has 1 aromatic carbocycles. The number of rotatable bonds is 6. The summed E-state index contributed by atoms with van der Waals surface area (Å²) in [6.07, 6.45) is 0.648. The van der Waals surface area contributed by atoms with Gasteiger partial charge in [-0.3, -0.25) is 0 Å². The maximum absolute atomic E-state index is 13.2. The summed E-state index contributed by atoms with van der Waals surface area (Å²) in [6.45, 7) is -0.209. The highest BCUT2D eigenvalue weighted by atomic mass is 32.1. The molecule has 124 valence electrons. The van der Waals surface area contributed by atoms with Gasteiger partial charge in [0.2, 0.25) is 0 Å². The molecule has 3 N–H and O–H groups in total. The van der Waals surface area contributed by atoms with E-state index in [0.29, 0.717) is 13.0 Å². The summed E-state index contributed by atoms with van der Waals surface area (Å²) in [4.78, 5) is 12.9. The van der Waals surface area contributed by atoms with E-state index in [1.807, 2.05) is 17.5 Å². The number of aliphatic hydroxyl groups is 1. The molecule has 1 aromatic heterocycles. The molecule has 1 unspecified atom stereocenters. The molecule has 0 saturated carbocycles. The number of benzene rings is 1. The van der Waals surface area contributed by atoms with Crippen molar-refractivity contribution in [1.29, 1.82) is 0 Å². The normalized spacial score (nSPS) is 12.0. The van der Waals surface area contributed by atoms with Crippen LogP contribution in [-0.4, -0.2) is 24.3 Å². The molecule has 0 fully saturated rings. The van der Waals surface area contributed by atoms with Crippen LogP contribution >= 0.6 is 11.3 Å². The fraction of sp³-hybridized carbons (Fsp3) is 0.267. The summed E-state index contributed by atoms with van der Waals surface area (Å²) in [5.41, 5.74) is -0.0580. The fourth-order valence-electron chi connectivity index (χ4n) is 1.97. The van der Waals surface area contributed by atoms with Gasteiger partial charge in [0, 0.05) is 11.4 Å². The van der Waals surface area contributed by atoms with Crippen LogP contribution in [0.5, 0.6) is 0 Å². The highest BCUT2D eigenvalue weighted by molar-refractivity contribution is 7.09. The van der Waals surface area contributed by atoms with E-state index in [2.05, 4.69) is 10.6 Å². The predicted octanol–water partition coefficient (Wildman–Crippen LogP) is 2.74.